The summed E-state index contributed by atoms with van der Waals surface area (Å²) in [7, 11) is 0. The molecule has 1 N–H and O–H groups in total. The van der Waals surface area contributed by atoms with E-state index in [9.17, 15) is 9.90 Å². The molecule has 102 valence electrons. The summed E-state index contributed by atoms with van der Waals surface area (Å²) < 4.78 is 5.35. The van der Waals surface area contributed by atoms with E-state index in [2.05, 4.69) is 6.08 Å². The smallest absolute Gasteiger partial charge is 0.302 e. The van der Waals surface area contributed by atoms with Crippen LogP contribution in [0.4, 0.5) is 0 Å². The Morgan fingerprint density at radius 2 is 1.95 bits per heavy atom. The van der Waals surface area contributed by atoms with Gasteiger partial charge in [0, 0.05) is 19.3 Å². The molecular weight excluding hydrogens is 240 g/mol. The lowest BCUT2D eigenvalue weighted by Gasteiger charge is -2.33. The van der Waals surface area contributed by atoms with Crippen molar-refractivity contribution in [2.45, 2.75) is 38.9 Å². The predicted octanol–water partition coefficient (Wildman–Crippen LogP) is 2.79. The summed E-state index contributed by atoms with van der Waals surface area (Å²) in [5, 5.41) is 10.4. The molecule has 2 rings (SSSR count). The number of benzene rings is 1. The van der Waals surface area contributed by atoms with Crippen LogP contribution in [-0.4, -0.2) is 22.8 Å². The molecule has 0 unspecified atom stereocenters. The average molecular weight is 260 g/mol. The molecule has 1 aromatic carbocycles. The SMILES string of the molecule is CC(=O)O[C@H]1CC=C(c2ccccc2)[C@@H]1C(C)(C)O. The van der Waals surface area contributed by atoms with Crippen LogP contribution >= 0.6 is 0 Å². The maximum Gasteiger partial charge on any atom is 0.302 e. The van der Waals surface area contributed by atoms with E-state index in [1.807, 2.05) is 30.3 Å². The van der Waals surface area contributed by atoms with Crippen LogP contribution in [0, 0.1) is 5.92 Å². The van der Waals surface area contributed by atoms with Crippen molar-refractivity contribution in [3.63, 3.8) is 0 Å². The zero-order chi connectivity index (χ0) is 14.0. The van der Waals surface area contributed by atoms with E-state index in [-0.39, 0.29) is 18.0 Å². The summed E-state index contributed by atoms with van der Waals surface area (Å²) in [5.41, 5.74) is 1.20. The van der Waals surface area contributed by atoms with E-state index < -0.39 is 5.60 Å². The summed E-state index contributed by atoms with van der Waals surface area (Å²) in [4.78, 5) is 11.2. The Hall–Kier alpha value is -1.61. The van der Waals surface area contributed by atoms with Crippen LogP contribution in [-0.2, 0) is 9.53 Å². The predicted molar refractivity (Wildman–Crippen MR) is 74.4 cm³/mol. The van der Waals surface area contributed by atoms with Crippen molar-refractivity contribution in [2.24, 2.45) is 5.92 Å². The fourth-order valence-electron chi connectivity index (χ4n) is 2.80. The topological polar surface area (TPSA) is 46.5 Å². The van der Waals surface area contributed by atoms with Gasteiger partial charge in [-0.1, -0.05) is 36.4 Å². The maximum atomic E-state index is 11.2. The highest BCUT2D eigenvalue weighted by molar-refractivity contribution is 5.72. The largest absolute Gasteiger partial charge is 0.461 e. The van der Waals surface area contributed by atoms with Crippen LogP contribution in [0.3, 0.4) is 0 Å². The van der Waals surface area contributed by atoms with Crippen molar-refractivity contribution < 1.29 is 14.6 Å². The number of hydrogen-bond acceptors (Lipinski definition) is 3. The normalized spacial score (nSPS) is 23.1. The first-order valence-corrected chi connectivity index (χ1v) is 6.54. The summed E-state index contributed by atoms with van der Waals surface area (Å²) in [6.45, 7) is 4.93. The van der Waals surface area contributed by atoms with Crippen LogP contribution in [0.25, 0.3) is 5.57 Å². The van der Waals surface area contributed by atoms with Crippen molar-refractivity contribution >= 4 is 11.5 Å². The van der Waals surface area contributed by atoms with Crippen LogP contribution in [0.1, 0.15) is 32.8 Å². The fraction of sp³-hybridized carbons (Fsp3) is 0.438. The molecule has 0 aromatic heterocycles. The molecule has 0 heterocycles. The lowest BCUT2D eigenvalue weighted by Crippen LogP contribution is -2.39. The molecule has 1 aliphatic carbocycles. The van der Waals surface area contributed by atoms with E-state index in [0.29, 0.717) is 6.42 Å². The molecule has 0 radical (unpaired) electrons. The molecule has 1 aromatic rings. The Morgan fingerprint density at radius 3 is 2.47 bits per heavy atom. The van der Waals surface area contributed by atoms with E-state index in [1.54, 1.807) is 13.8 Å². The Bertz CT molecular complexity index is 482. The molecule has 3 heteroatoms. The van der Waals surface area contributed by atoms with Crippen LogP contribution < -0.4 is 0 Å². The molecule has 0 saturated carbocycles. The number of ether oxygens (including phenoxy) is 1. The van der Waals surface area contributed by atoms with Crippen molar-refractivity contribution in [2.75, 3.05) is 0 Å². The first-order chi connectivity index (χ1) is 8.89. The molecular formula is C16H20O3. The van der Waals surface area contributed by atoms with Gasteiger partial charge in [-0.25, -0.2) is 0 Å². The van der Waals surface area contributed by atoms with Gasteiger partial charge in [0.2, 0.25) is 0 Å². The van der Waals surface area contributed by atoms with Crippen LogP contribution in [0.5, 0.6) is 0 Å². The number of hydrogen-bond donors (Lipinski definition) is 1. The summed E-state index contributed by atoms with van der Waals surface area (Å²) in [5.74, 6) is -0.499. The van der Waals surface area contributed by atoms with Gasteiger partial charge < -0.3 is 9.84 Å². The maximum absolute atomic E-state index is 11.2. The Labute approximate surface area is 113 Å². The third-order valence-corrected chi connectivity index (χ3v) is 3.46. The minimum Gasteiger partial charge on any atom is -0.461 e. The Balaban J connectivity index is 2.32. The van der Waals surface area contributed by atoms with Gasteiger partial charge in [-0.15, -0.1) is 0 Å². The zero-order valence-corrected chi connectivity index (χ0v) is 11.6. The molecule has 2 atom stereocenters. The first kappa shape index (κ1) is 13.8. The molecule has 1 aliphatic rings. The number of carbonyl (C=O) groups excluding carboxylic acids is 1. The number of carbonyl (C=O) groups is 1. The van der Waals surface area contributed by atoms with E-state index in [0.717, 1.165) is 11.1 Å². The monoisotopic (exact) mass is 260 g/mol. The van der Waals surface area contributed by atoms with Crippen LogP contribution in [0.15, 0.2) is 36.4 Å². The molecule has 0 saturated heterocycles. The van der Waals surface area contributed by atoms with Crippen molar-refractivity contribution in [3.8, 4) is 0 Å². The zero-order valence-electron chi connectivity index (χ0n) is 11.6. The van der Waals surface area contributed by atoms with Gasteiger partial charge in [0.25, 0.3) is 0 Å². The average Bonchev–Trinajstić information content (AvgIpc) is 2.72. The first-order valence-electron chi connectivity index (χ1n) is 6.54. The third-order valence-electron chi connectivity index (χ3n) is 3.46. The number of esters is 1. The van der Waals surface area contributed by atoms with Crippen LogP contribution in [0.2, 0.25) is 0 Å². The lowest BCUT2D eigenvalue weighted by molar-refractivity contribution is -0.150. The van der Waals surface area contributed by atoms with Gasteiger partial charge >= 0.3 is 5.97 Å². The number of aliphatic hydroxyl groups is 1. The molecule has 0 amide bonds. The quantitative estimate of drug-likeness (QED) is 0.850. The van der Waals surface area contributed by atoms with E-state index in [1.165, 1.54) is 6.92 Å². The van der Waals surface area contributed by atoms with E-state index in [4.69, 9.17) is 4.74 Å². The van der Waals surface area contributed by atoms with Gasteiger partial charge in [0.05, 0.1) is 5.60 Å². The van der Waals surface area contributed by atoms with Gasteiger partial charge in [-0.3, -0.25) is 4.79 Å². The minimum absolute atomic E-state index is 0.196. The Morgan fingerprint density at radius 1 is 1.32 bits per heavy atom. The molecule has 0 aliphatic heterocycles. The van der Waals surface area contributed by atoms with Crippen molar-refractivity contribution in [1.29, 1.82) is 0 Å². The lowest BCUT2D eigenvalue weighted by atomic mass is 9.81. The van der Waals surface area contributed by atoms with Crippen molar-refractivity contribution in [3.05, 3.63) is 42.0 Å². The van der Waals surface area contributed by atoms with Gasteiger partial charge in [-0.2, -0.15) is 0 Å². The second kappa shape index (κ2) is 5.17. The van der Waals surface area contributed by atoms with Crippen molar-refractivity contribution in [1.82, 2.24) is 0 Å². The second-order valence-corrected chi connectivity index (χ2v) is 5.54. The molecule has 0 bridgehead atoms. The summed E-state index contributed by atoms with van der Waals surface area (Å²) in [6, 6.07) is 9.93. The summed E-state index contributed by atoms with van der Waals surface area (Å²) >= 11 is 0. The third kappa shape index (κ3) is 3.04. The Kier molecular flexibility index (Phi) is 3.76. The highest BCUT2D eigenvalue weighted by Crippen LogP contribution is 2.42. The summed E-state index contributed by atoms with van der Waals surface area (Å²) in [6.07, 6.45) is 2.43. The minimum atomic E-state index is -0.932. The number of rotatable bonds is 3. The second-order valence-electron chi connectivity index (χ2n) is 5.54. The molecule has 19 heavy (non-hydrogen) atoms. The van der Waals surface area contributed by atoms with Gasteiger partial charge in [-0.05, 0) is 25.0 Å². The highest BCUT2D eigenvalue weighted by Gasteiger charge is 2.42. The van der Waals surface area contributed by atoms with E-state index >= 15 is 0 Å². The molecule has 0 fully saturated rings. The highest BCUT2D eigenvalue weighted by atomic mass is 16.5. The van der Waals surface area contributed by atoms with Gasteiger partial charge in [0.15, 0.2) is 0 Å². The standard InChI is InChI=1S/C16H20O3/c1-11(17)19-14-10-9-13(15(14)16(2,3)18)12-7-5-4-6-8-12/h4-9,14-15,18H,10H2,1-3H3/t14-,15-/m0/s1. The molecule has 0 spiro atoms. The van der Waals surface area contributed by atoms with Gasteiger partial charge in [0.1, 0.15) is 6.10 Å². The molecule has 3 nitrogen and oxygen atoms in total. The fourth-order valence-corrected chi connectivity index (χ4v) is 2.80.